The van der Waals surface area contributed by atoms with Crippen molar-refractivity contribution in [2.75, 3.05) is 39.1 Å². The molecule has 3 aromatic carbocycles. The SMILES string of the molecule is COc1c(Cl)ccc(NC(=O)C(C(=O)Nc2ccc(Cl)c(OC)c2OC)c2ccccc2)c1OC. The number of nitrogens with one attached hydrogen (secondary N) is 2. The van der Waals surface area contributed by atoms with E-state index < -0.39 is 17.7 Å². The van der Waals surface area contributed by atoms with Gasteiger partial charge in [0.05, 0.1) is 49.9 Å². The van der Waals surface area contributed by atoms with Gasteiger partial charge in [0, 0.05) is 0 Å². The molecule has 0 saturated carbocycles. The van der Waals surface area contributed by atoms with Crippen molar-refractivity contribution in [2.45, 2.75) is 5.92 Å². The molecule has 0 bridgehead atoms. The van der Waals surface area contributed by atoms with E-state index in [0.29, 0.717) is 27.0 Å². The second-order valence-corrected chi connectivity index (χ2v) is 7.96. The molecule has 0 aliphatic carbocycles. The van der Waals surface area contributed by atoms with Crippen molar-refractivity contribution in [3.63, 3.8) is 0 Å². The molecule has 0 spiro atoms. The molecule has 2 amide bonds. The molecule has 0 aliphatic rings. The van der Waals surface area contributed by atoms with Crippen LogP contribution in [0.3, 0.4) is 0 Å². The Balaban J connectivity index is 1.99. The number of rotatable bonds is 9. The third kappa shape index (κ3) is 5.55. The number of carbonyl (C=O) groups excluding carboxylic acids is 2. The number of carbonyl (C=O) groups is 2. The Bertz CT molecular complexity index is 1140. The molecule has 0 heterocycles. The molecule has 0 fully saturated rings. The number of hydrogen-bond acceptors (Lipinski definition) is 6. The molecule has 35 heavy (non-hydrogen) atoms. The Morgan fingerprint density at radius 3 is 1.40 bits per heavy atom. The highest BCUT2D eigenvalue weighted by atomic mass is 35.5. The lowest BCUT2D eigenvalue weighted by Crippen LogP contribution is -2.32. The Hall–Kier alpha value is -3.62. The normalized spacial score (nSPS) is 10.5. The van der Waals surface area contributed by atoms with E-state index in [1.54, 1.807) is 54.6 Å². The van der Waals surface area contributed by atoms with E-state index in [0.717, 1.165) is 0 Å². The lowest BCUT2D eigenvalue weighted by molar-refractivity contribution is -0.126. The molecule has 3 aromatic rings. The van der Waals surface area contributed by atoms with Crippen LogP contribution >= 0.6 is 23.2 Å². The molecule has 0 unspecified atom stereocenters. The van der Waals surface area contributed by atoms with Gasteiger partial charge in [-0.2, -0.15) is 0 Å². The predicted molar refractivity (Wildman–Crippen MR) is 136 cm³/mol. The van der Waals surface area contributed by atoms with E-state index in [9.17, 15) is 9.59 Å². The van der Waals surface area contributed by atoms with Crippen molar-refractivity contribution in [3.05, 3.63) is 70.2 Å². The lowest BCUT2D eigenvalue weighted by atomic mass is 9.96. The van der Waals surface area contributed by atoms with Crippen molar-refractivity contribution in [3.8, 4) is 23.0 Å². The first-order valence-corrected chi connectivity index (χ1v) is 11.1. The lowest BCUT2D eigenvalue weighted by Gasteiger charge is -2.20. The molecule has 0 radical (unpaired) electrons. The zero-order chi connectivity index (χ0) is 25.5. The third-order valence-electron chi connectivity index (χ3n) is 5.12. The molecule has 2 N–H and O–H groups in total. The minimum atomic E-state index is -1.23. The molecular formula is C25H24Cl2N2O6. The molecule has 8 nitrogen and oxygen atoms in total. The summed E-state index contributed by atoms with van der Waals surface area (Å²) < 4.78 is 21.4. The summed E-state index contributed by atoms with van der Waals surface area (Å²) in [5.74, 6) is -1.47. The van der Waals surface area contributed by atoms with Crippen LogP contribution in [0.2, 0.25) is 10.0 Å². The summed E-state index contributed by atoms with van der Waals surface area (Å²) in [6.45, 7) is 0. The number of anilines is 2. The number of hydrogen-bond donors (Lipinski definition) is 2. The van der Waals surface area contributed by atoms with Gasteiger partial charge in [-0.3, -0.25) is 9.59 Å². The summed E-state index contributed by atoms with van der Waals surface area (Å²) in [6, 6.07) is 14.9. The highest BCUT2D eigenvalue weighted by Gasteiger charge is 2.31. The van der Waals surface area contributed by atoms with Gasteiger partial charge >= 0.3 is 0 Å². The maximum absolute atomic E-state index is 13.5. The van der Waals surface area contributed by atoms with Gasteiger partial charge < -0.3 is 29.6 Å². The first kappa shape index (κ1) is 26.0. The van der Waals surface area contributed by atoms with Gasteiger partial charge in [-0.15, -0.1) is 0 Å². The third-order valence-corrected chi connectivity index (χ3v) is 5.71. The fraction of sp³-hybridized carbons (Fsp3) is 0.200. The van der Waals surface area contributed by atoms with Crippen LogP contribution < -0.4 is 29.6 Å². The number of halogens is 2. The maximum Gasteiger partial charge on any atom is 0.241 e. The van der Waals surface area contributed by atoms with Crippen molar-refractivity contribution in [1.29, 1.82) is 0 Å². The fourth-order valence-electron chi connectivity index (χ4n) is 3.54. The monoisotopic (exact) mass is 518 g/mol. The molecular weight excluding hydrogens is 495 g/mol. The predicted octanol–water partition coefficient (Wildman–Crippen LogP) is 5.39. The summed E-state index contributed by atoms with van der Waals surface area (Å²) in [4.78, 5) is 26.9. The second-order valence-electron chi connectivity index (χ2n) is 7.15. The van der Waals surface area contributed by atoms with Gasteiger partial charge in [0.15, 0.2) is 23.0 Å². The Kier molecular flexibility index (Phi) is 8.68. The topological polar surface area (TPSA) is 95.1 Å². The molecule has 3 rings (SSSR count). The first-order valence-electron chi connectivity index (χ1n) is 10.3. The van der Waals surface area contributed by atoms with Gasteiger partial charge in [0.1, 0.15) is 5.92 Å². The van der Waals surface area contributed by atoms with Crippen LogP contribution in [0.15, 0.2) is 54.6 Å². The molecule has 0 atom stereocenters. The van der Waals surface area contributed by atoms with E-state index in [1.165, 1.54) is 28.4 Å². The van der Waals surface area contributed by atoms with E-state index in [1.807, 2.05) is 0 Å². The molecule has 10 heteroatoms. The van der Waals surface area contributed by atoms with E-state index in [-0.39, 0.29) is 23.0 Å². The van der Waals surface area contributed by atoms with Crippen LogP contribution in [0.1, 0.15) is 11.5 Å². The molecule has 184 valence electrons. The highest BCUT2D eigenvalue weighted by molar-refractivity contribution is 6.33. The van der Waals surface area contributed by atoms with E-state index in [4.69, 9.17) is 42.1 Å². The number of amides is 2. The van der Waals surface area contributed by atoms with Crippen LogP contribution in [0.25, 0.3) is 0 Å². The summed E-state index contributed by atoms with van der Waals surface area (Å²) in [6.07, 6.45) is 0. The van der Waals surface area contributed by atoms with E-state index in [2.05, 4.69) is 10.6 Å². The maximum atomic E-state index is 13.5. The first-order chi connectivity index (χ1) is 16.9. The standard InChI is InChI=1S/C25H24Cl2N2O6/c1-32-20-15(26)10-12-17(22(20)34-3)28-24(30)19(14-8-6-5-7-9-14)25(31)29-18-13-11-16(27)21(33-2)23(18)35-4/h5-13,19H,1-4H3,(H,28,30)(H,29,31). The van der Waals surface area contributed by atoms with Gasteiger partial charge in [-0.05, 0) is 29.8 Å². The van der Waals surface area contributed by atoms with Crippen molar-refractivity contribution >= 4 is 46.4 Å². The minimum absolute atomic E-state index is 0.227. The fourth-order valence-corrected chi connectivity index (χ4v) is 3.99. The van der Waals surface area contributed by atoms with Gasteiger partial charge in [-0.1, -0.05) is 53.5 Å². The van der Waals surface area contributed by atoms with Crippen LogP contribution in [0.4, 0.5) is 11.4 Å². The number of methoxy groups -OCH3 is 4. The van der Waals surface area contributed by atoms with Crippen LogP contribution in [0, 0.1) is 0 Å². The zero-order valence-corrected chi connectivity index (χ0v) is 21.0. The molecule has 0 aliphatic heterocycles. The average molecular weight is 519 g/mol. The van der Waals surface area contributed by atoms with Gasteiger partial charge in [0.2, 0.25) is 11.8 Å². The van der Waals surface area contributed by atoms with Crippen LogP contribution in [-0.4, -0.2) is 40.3 Å². The van der Waals surface area contributed by atoms with Crippen LogP contribution in [-0.2, 0) is 9.59 Å². The van der Waals surface area contributed by atoms with Crippen LogP contribution in [0.5, 0.6) is 23.0 Å². The Morgan fingerprint density at radius 1 is 0.629 bits per heavy atom. The molecule has 0 aromatic heterocycles. The van der Waals surface area contributed by atoms with E-state index >= 15 is 0 Å². The Morgan fingerprint density at radius 2 is 1.03 bits per heavy atom. The van der Waals surface area contributed by atoms with Crippen molar-refractivity contribution in [1.82, 2.24) is 0 Å². The summed E-state index contributed by atoms with van der Waals surface area (Å²) >= 11 is 12.3. The van der Waals surface area contributed by atoms with Crippen molar-refractivity contribution in [2.24, 2.45) is 0 Å². The van der Waals surface area contributed by atoms with Gasteiger partial charge in [0.25, 0.3) is 0 Å². The summed E-state index contributed by atoms with van der Waals surface area (Å²) in [7, 11) is 5.71. The molecule has 0 saturated heterocycles. The summed E-state index contributed by atoms with van der Waals surface area (Å²) in [5, 5.41) is 6.11. The van der Waals surface area contributed by atoms with Crippen molar-refractivity contribution < 1.29 is 28.5 Å². The largest absolute Gasteiger partial charge is 0.491 e. The highest BCUT2D eigenvalue weighted by Crippen LogP contribution is 2.42. The smallest absolute Gasteiger partial charge is 0.241 e. The Labute approximate surface area is 213 Å². The minimum Gasteiger partial charge on any atom is -0.491 e. The number of ether oxygens (including phenoxy) is 4. The average Bonchev–Trinajstić information content (AvgIpc) is 2.86. The number of benzene rings is 3. The second kappa shape index (κ2) is 11.7. The van der Waals surface area contributed by atoms with Gasteiger partial charge in [-0.25, -0.2) is 0 Å². The quantitative estimate of drug-likeness (QED) is 0.368. The zero-order valence-electron chi connectivity index (χ0n) is 19.5. The summed E-state index contributed by atoms with van der Waals surface area (Å²) in [5.41, 5.74) is 1.05.